The van der Waals surface area contributed by atoms with E-state index in [0.717, 1.165) is 5.92 Å². The molecule has 0 aromatic heterocycles. The summed E-state index contributed by atoms with van der Waals surface area (Å²) in [5, 5.41) is 0. The van der Waals surface area contributed by atoms with Gasteiger partial charge in [0.25, 0.3) is 0 Å². The maximum Gasteiger partial charge on any atom is -0.00875 e. The fourth-order valence-electron chi connectivity index (χ4n) is 2.09. The van der Waals surface area contributed by atoms with E-state index >= 15 is 0 Å². The summed E-state index contributed by atoms with van der Waals surface area (Å²) in [6.07, 6.45) is 6.68. The molecule has 2 aliphatic rings. The fourth-order valence-corrected chi connectivity index (χ4v) is 2.09. The highest BCUT2D eigenvalue weighted by Crippen LogP contribution is 2.61. The quantitative estimate of drug-likeness (QED) is 0.433. The zero-order valence-electron chi connectivity index (χ0n) is 6.28. The first-order valence-electron chi connectivity index (χ1n) is 3.91. The van der Waals surface area contributed by atoms with Crippen molar-refractivity contribution in [3.05, 3.63) is 11.6 Å². The van der Waals surface area contributed by atoms with E-state index in [9.17, 15) is 0 Å². The van der Waals surface area contributed by atoms with Gasteiger partial charge in [-0.15, -0.1) is 0 Å². The largest absolute Gasteiger partial charge is 0.0850 e. The molecule has 2 atom stereocenters. The van der Waals surface area contributed by atoms with Crippen molar-refractivity contribution in [3.8, 4) is 0 Å². The molecule has 0 spiro atoms. The van der Waals surface area contributed by atoms with Crippen LogP contribution in [0, 0.1) is 11.3 Å². The van der Waals surface area contributed by atoms with Crippen LogP contribution in [0.5, 0.6) is 0 Å². The number of fused-ring (bicyclic) bond motifs is 1. The minimum atomic E-state index is 0.665. The molecule has 0 nitrogen and oxygen atoms in total. The minimum Gasteiger partial charge on any atom is -0.0850 e. The smallest absolute Gasteiger partial charge is 0.00875 e. The lowest BCUT2D eigenvalue weighted by Gasteiger charge is -2.16. The predicted molar refractivity (Wildman–Crippen MR) is 39.2 cm³/mol. The van der Waals surface area contributed by atoms with Crippen molar-refractivity contribution in [1.82, 2.24) is 0 Å². The van der Waals surface area contributed by atoms with Crippen LogP contribution in [-0.2, 0) is 0 Å². The van der Waals surface area contributed by atoms with E-state index in [1.54, 1.807) is 5.57 Å². The van der Waals surface area contributed by atoms with Crippen LogP contribution in [0.2, 0.25) is 0 Å². The van der Waals surface area contributed by atoms with Crippen LogP contribution in [0.4, 0.5) is 0 Å². The molecular weight excluding hydrogens is 108 g/mol. The molecule has 0 heterocycles. The maximum atomic E-state index is 2.42. The summed E-state index contributed by atoms with van der Waals surface area (Å²) in [6.45, 7) is 4.70. The van der Waals surface area contributed by atoms with E-state index in [2.05, 4.69) is 19.9 Å². The second kappa shape index (κ2) is 1.42. The van der Waals surface area contributed by atoms with Crippen molar-refractivity contribution >= 4 is 0 Å². The van der Waals surface area contributed by atoms with E-state index in [0.29, 0.717) is 5.41 Å². The molecule has 1 fully saturated rings. The Hall–Kier alpha value is -0.260. The van der Waals surface area contributed by atoms with Crippen molar-refractivity contribution in [2.45, 2.75) is 33.1 Å². The third kappa shape index (κ3) is 0.593. The molecular formula is C9H14. The lowest BCUT2D eigenvalue weighted by atomic mass is 9.90. The van der Waals surface area contributed by atoms with Gasteiger partial charge < -0.3 is 0 Å². The summed E-state index contributed by atoms with van der Waals surface area (Å²) >= 11 is 0. The van der Waals surface area contributed by atoms with Crippen molar-refractivity contribution in [1.29, 1.82) is 0 Å². The Bertz CT molecular complexity index is 167. The third-order valence-electron chi connectivity index (χ3n) is 3.28. The highest BCUT2D eigenvalue weighted by Gasteiger charge is 2.51. The van der Waals surface area contributed by atoms with Crippen molar-refractivity contribution in [2.75, 3.05) is 0 Å². The summed E-state index contributed by atoms with van der Waals surface area (Å²) < 4.78 is 0. The molecule has 0 heteroatoms. The zero-order chi connectivity index (χ0) is 6.48. The van der Waals surface area contributed by atoms with E-state index in [4.69, 9.17) is 0 Å². The van der Waals surface area contributed by atoms with Crippen LogP contribution >= 0.6 is 0 Å². The maximum absolute atomic E-state index is 2.42. The van der Waals surface area contributed by atoms with Crippen molar-refractivity contribution < 1.29 is 0 Å². The Morgan fingerprint density at radius 2 is 2.44 bits per heavy atom. The molecule has 1 saturated carbocycles. The van der Waals surface area contributed by atoms with Gasteiger partial charge in [-0.25, -0.2) is 0 Å². The van der Waals surface area contributed by atoms with Gasteiger partial charge in [-0.2, -0.15) is 0 Å². The Labute approximate surface area is 57.0 Å². The van der Waals surface area contributed by atoms with Crippen LogP contribution < -0.4 is 0 Å². The molecule has 0 amide bonds. The molecule has 0 saturated heterocycles. The highest BCUT2D eigenvalue weighted by molar-refractivity contribution is 5.24. The molecule has 0 unspecified atom stereocenters. The Morgan fingerprint density at radius 1 is 1.67 bits per heavy atom. The van der Waals surface area contributed by atoms with E-state index in [1.165, 1.54) is 19.3 Å². The third-order valence-corrected chi connectivity index (χ3v) is 3.28. The van der Waals surface area contributed by atoms with Crippen LogP contribution in [-0.4, -0.2) is 0 Å². The molecule has 2 rings (SSSR count). The fraction of sp³-hybridized carbons (Fsp3) is 0.778. The lowest BCUT2D eigenvalue weighted by molar-refractivity contribution is 0.532. The number of allylic oxidation sites excluding steroid dienone is 2. The molecule has 2 aliphatic carbocycles. The highest BCUT2D eigenvalue weighted by atomic mass is 14.6. The second-order valence-corrected chi connectivity index (χ2v) is 3.78. The summed E-state index contributed by atoms with van der Waals surface area (Å²) in [4.78, 5) is 0. The average Bonchev–Trinajstić information content (AvgIpc) is 2.44. The standard InChI is InChI=1S/C9H14/c1-7-4-3-5-8-6-9(7,8)2/h4,8H,3,5-6H2,1-2H3/t8-,9-/m0/s1. The molecule has 0 radical (unpaired) electrons. The van der Waals surface area contributed by atoms with Crippen LogP contribution in [0.1, 0.15) is 33.1 Å². The topological polar surface area (TPSA) is 0 Å². The van der Waals surface area contributed by atoms with Gasteiger partial charge in [0.05, 0.1) is 0 Å². The lowest BCUT2D eigenvalue weighted by Crippen LogP contribution is -2.03. The molecule has 0 aliphatic heterocycles. The van der Waals surface area contributed by atoms with Crippen molar-refractivity contribution in [3.63, 3.8) is 0 Å². The second-order valence-electron chi connectivity index (χ2n) is 3.78. The van der Waals surface area contributed by atoms with Crippen LogP contribution in [0.15, 0.2) is 11.6 Å². The number of hydrogen-bond donors (Lipinski definition) is 0. The monoisotopic (exact) mass is 122 g/mol. The Morgan fingerprint density at radius 3 is 3.00 bits per heavy atom. The SMILES string of the molecule is CC1=CCC[C@H]2C[C@@]12C. The summed E-state index contributed by atoms with van der Waals surface area (Å²) in [7, 11) is 0. The summed E-state index contributed by atoms with van der Waals surface area (Å²) in [5.74, 6) is 1.06. The summed E-state index contributed by atoms with van der Waals surface area (Å²) in [5.41, 5.74) is 2.32. The molecule has 0 aromatic carbocycles. The average molecular weight is 122 g/mol. The normalized spacial score (nSPS) is 47.8. The molecule has 9 heavy (non-hydrogen) atoms. The van der Waals surface area contributed by atoms with Gasteiger partial charge in [-0.05, 0) is 37.5 Å². The molecule has 0 aromatic rings. The first kappa shape index (κ1) is 5.52. The molecule has 50 valence electrons. The number of rotatable bonds is 0. The van der Waals surface area contributed by atoms with Gasteiger partial charge in [0, 0.05) is 0 Å². The Kier molecular flexibility index (Phi) is 0.870. The van der Waals surface area contributed by atoms with Gasteiger partial charge in [-0.1, -0.05) is 18.6 Å². The van der Waals surface area contributed by atoms with Gasteiger partial charge in [0.2, 0.25) is 0 Å². The predicted octanol–water partition coefficient (Wildman–Crippen LogP) is 2.75. The van der Waals surface area contributed by atoms with Gasteiger partial charge in [0.1, 0.15) is 0 Å². The molecule has 0 N–H and O–H groups in total. The van der Waals surface area contributed by atoms with Crippen LogP contribution in [0.3, 0.4) is 0 Å². The zero-order valence-corrected chi connectivity index (χ0v) is 6.28. The van der Waals surface area contributed by atoms with Gasteiger partial charge >= 0.3 is 0 Å². The first-order chi connectivity index (χ1) is 4.23. The van der Waals surface area contributed by atoms with E-state index in [1.807, 2.05) is 0 Å². The van der Waals surface area contributed by atoms with Gasteiger partial charge in [0.15, 0.2) is 0 Å². The molecule has 0 bridgehead atoms. The van der Waals surface area contributed by atoms with Crippen LogP contribution in [0.25, 0.3) is 0 Å². The first-order valence-corrected chi connectivity index (χ1v) is 3.91. The minimum absolute atomic E-state index is 0.665. The van der Waals surface area contributed by atoms with Gasteiger partial charge in [-0.3, -0.25) is 0 Å². The van der Waals surface area contributed by atoms with E-state index in [-0.39, 0.29) is 0 Å². The van der Waals surface area contributed by atoms with E-state index < -0.39 is 0 Å². The summed E-state index contributed by atoms with van der Waals surface area (Å²) in [6, 6.07) is 0. The number of hydrogen-bond acceptors (Lipinski definition) is 0. The van der Waals surface area contributed by atoms with Crippen molar-refractivity contribution in [2.24, 2.45) is 11.3 Å². The Balaban J connectivity index is 2.29.